The van der Waals surface area contributed by atoms with Gasteiger partial charge >= 0.3 is 0 Å². The molecule has 0 spiro atoms. The van der Waals surface area contributed by atoms with E-state index in [0.717, 1.165) is 17.8 Å². The van der Waals surface area contributed by atoms with Crippen molar-refractivity contribution in [2.24, 2.45) is 5.92 Å². The summed E-state index contributed by atoms with van der Waals surface area (Å²) in [4.78, 5) is 19.4. The fourth-order valence-corrected chi connectivity index (χ4v) is 4.98. The largest absolute Gasteiger partial charge is 0.366 e. The summed E-state index contributed by atoms with van der Waals surface area (Å²) in [6.07, 6.45) is 12.9. The molecule has 156 valence electrons. The number of nitrogens with zero attached hydrogens (tertiary/aromatic N) is 4. The number of aromatic nitrogens is 3. The van der Waals surface area contributed by atoms with Crippen molar-refractivity contribution in [3.8, 4) is 0 Å². The maximum Gasteiger partial charge on any atom is 0.259 e. The minimum Gasteiger partial charge on any atom is -0.366 e. The minimum atomic E-state index is -0.0939. The molecule has 6 heteroatoms. The van der Waals surface area contributed by atoms with E-state index in [0.29, 0.717) is 30.6 Å². The van der Waals surface area contributed by atoms with Crippen LogP contribution in [0.25, 0.3) is 0 Å². The third-order valence-electron chi connectivity index (χ3n) is 6.63. The first-order valence-electron chi connectivity index (χ1n) is 11.0. The molecule has 1 amide bonds. The molecule has 0 saturated heterocycles. The lowest BCUT2D eigenvalue weighted by Crippen LogP contribution is -2.46. The molecule has 0 radical (unpaired) electrons. The van der Waals surface area contributed by atoms with E-state index in [1.54, 1.807) is 18.6 Å². The number of pyridine rings is 1. The summed E-state index contributed by atoms with van der Waals surface area (Å²) in [5.74, 6) is 1.63. The van der Waals surface area contributed by atoms with Crippen molar-refractivity contribution in [3.05, 3.63) is 41.9 Å². The molecule has 2 aromatic rings. The van der Waals surface area contributed by atoms with Crippen LogP contribution in [0, 0.1) is 5.92 Å². The Bertz CT molecular complexity index is 838. The molecule has 1 aliphatic carbocycles. The van der Waals surface area contributed by atoms with Crippen LogP contribution < -0.4 is 5.32 Å². The van der Waals surface area contributed by atoms with Gasteiger partial charge in [-0.3, -0.25) is 9.78 Å². The Hall–Kier alpha value is -2.37. The molecule has 1 atom stereocenters. The molecule has 2 aliphatic rings. The number of carbonyl (C=O) groups is 1. The van der Waals surface area contributed by atoms with Crippen molar-refractivity contribution >= 4 is 11.7 Å². The number of nitrogens with one attached hydrogen (secondary N) is 1. The smallest absolute Gasteiger partial charge is 0.259 e. The molecule has 29 heavy (non-hydrogen) atoms. The quantitative estimate of drug-likeness (QED) is 0.813. The van der Waals surface area contributed by atoms with E-state index < -0.39 is 0 Å². The molecule has 3 heterocycles. The molecule has 2 aromatic heterocycles. The second-order valence-corrected chi connectivity index (χ2v) is 9.16. The number of hydrogen-bond donors (Lipinski definition) is 1. The lowest BCUT2D eigenvalue weighted by atomic mass is 9.78. The van der Waals surface area contributed by atoms with Crippen LogP contribution in [0.2, 0.25) is 0 Å². The first kappa shape index (κ1) is 19.9. The van der Waals surface area contributed by atoms with Gasteiger partial charge < -0.3 is 10.2 Å². The van der Waals surface area contributed by atoms with E-state index in [4.69, 9.17) is 0 Å². The maximum atomic E-state index is 13.4. The third kappa shape index (κ3) is 4.02. The monoisotopic (exact) mass is 395 g/mol. The number of carbonyl (C=O) groups excluding carboxylic acids is 1. The Balaban J connectivity index is 1.59. The van der Waals surface area contributed by atoms with Crippen molar-refractivity contribution in [2.75, 3.05) is 11.9 Å². The second kappa shape index (κ2) is 8.17. The Labute approximate surface area is 173 Å². The fraction of sp³-hybridized carbons (Fsp3) is 0.609. The average molecular weight is 396 g/mol. The number of fused-ring (bicyclic) bond motifs is 1. The lowest BCUT2D eigenvalue weighted by molar-refractivity contribution is 0.0752. The van der Waals surface area contributed by atoms with Gasteiger partial charge in [0.2, 0.25) is 0 Å². The van der Waals surface area contributed by atoms with Gasteiger partial charge in [-0.1, -0.05) is 19.3 Å². The van der Waals surface area contributed by atoms with Crippen molar-refractivity contribution in [1.82, 2.24) is 19.7 Å². The van der Waals surface area contributed by atoms with Crippen LogP contribution >= 0.6 is 0 Å². The third-order valence-corrected chi connectivity index (χ3v) is 6.63. The average Bonchev–Trinajstić information content (AvgIpc) is 3.17. The summed E-state index contributed by atoms with van der Waals surface area (Å²) in [5, 5.41) is 8.37. The first-order valence-corrected chi connectivity index (χ1v) is 11.0. The van der Waals surface area contributed by atoms with Crippen LogP contribution in [0.4, 0.5) is 5.82 Å². The highest BCUT2D eigenvalue weighted by molar-refractivity contribution is 5.99. The van der Waals surface area contributed by atoms with E-state index >= 15 is 0 Å². The van der Waals surface area contributed by atoms with Crippen LogP contribution in [-0.2, 0) is 12.1 Å². The Morgan fingerprint density at radius 1 is 1.24 bits per heavy atom. The van der Waals surface area contributed by atoms with Gasteiger partial charge in [0.25, 0.3) is 5.91 Å². The van der Waals surface area contributed by atoms with Crippen molar-refractivity contribution in [2.45, 2.75) is 77.4 Å². The number of amides is 1. The van der Waals surface area contributed by atoms with Crippen LogP contribution in [0.5, 0.6) is 0 Å². The number of anilines is 1. The molecular formula is C23H33N5O. The van der Waals surface area contributed by atoms with Crippen LogP contribution in [0.3, 0.4) is 0 Å². The zero-order chi connectivity index (χ0) is 20.4. The molecule has 1 unspecified atom stereocenters. The number of hydrogen-bond acceptors (Lipinski definition) is 4. The van der Waals surface area contributed by atoms with E-state index in [9.17, 15) is 4.79 Å². The van der Waals surface area contributed by atoms with E-state index in [1.807, 2.05) is 28.6 Å². The van der Waals surface area contributed by atoms with Crippen LogP contribution in [0.1, 0.15) is 75.2 Å². The topological polar surface area (TPSA) is 63.1 Å². The molecule has 1 fully saturated rings. The first-order chi connectivity index (χ1) is 14.0. The van der Waals surface area contributed by atoms with Gasteiger partial charge in [0, 0.05) is 31.5 Å². The summed E-state index contributed by atoms with van der Waals surface area (Å²) in [6.45, 7) is 7.74. The molecule has 1 aliphatic heterocycles. The van der Waals surface area contributed by atoms with Gasteiger partial charge in [-0.2, -0.15) is 5.10 Å². The van der Waals surface area contributed by atoms with Gasteiger partial charge in [0.1, 0.15) is 11.4 Å². The zero-order valence-corrected chi connectivity index (χ0v) is 17.9. The highest BCUT2D eigenvalue weighted by Crippen LogP contribution is 2.40. The summed E-state index contributed by atoms with van der Waals surface area (Å²) in [5.41, 5.74) is 1.68. The Kier molecular flexibility index (Phi) is 5.61. The van der Waals surface area contributed by atoms with Crippen molar-refractivity contribution in [3.63, 3.8) is 0 Å². The molecule has 0 bridgehead atoms. The van der Waals surface area contributed by atoms with E-state index in [2.05, 4.69) is 29.2 Å². The Morgan fingerprint density at radius 3 is 2.66 bits per heavy atom. The second-order valence-electron chi connectivity index (χ2n) is 9.16. The molecule has 6 nitrogen and oxygen atoms in total. The lowest BCUT2D eigenvalue weighted by Gasteiger charge is -2.42. The van der Waals surface area contributed by atoms with Gasteiger partial charge in [-0.25, -0.2) is 4.68 Å². The SMILES string of the molecule is CCN(Cc1ccncc1)C(=O)c1cnn2c1NC(C1CCCCC1)CC2(C)C. The molecular weight excluding hydrogens is 362 g/mol. The van der Waals surface area contributed by atoms with Crippen LogP contribution in [-0.4, -0.2) is 38.2 Å². The highest BCUT2D eigenvalue weighted by atomic mass is 16.2. The summed E-state index contributed by atoms with van der Waals surface area (Å²) in [6, 6.07) is 4.34. The normalized spacial score (nSPS) is 21.3. The van der Waals surface area contributed by atoms with Gasteiger partial charge in [0.15, 0.2) is 0 Å². The number of rotatable bonds is 5. The molecule has 1 N–H and O–H groups in total. The summed E-state index contributed by atoms with van der Waals surface area (Å²) < 4.78 is 2.03. The van der Waals surface area contributed by atoms with Crippen LogP contribution in [0.15, 0.2) is 30.7 Å². The van der Waals surface area contributed by atoms with Gasteiger partial charge in [-0.05, 0) is 63.6 Å². The molecule has 1 saturated carbocycles. The maximum absolute atomic E-state index is 13.4. The zero-order valence-electron chi connectivity index (χ0n) is 17.9. The van der Waals surface area contributed by atoms with Gasteiger partial charge in [-0.15, -0.1) is 0 Å². The minimum absolute atomic E-state index is 0.0400. The highest BCUT2D eigenvalue weighted by Gasteiger charge is 2.39. The van der Waals surface area contributed by atoms with Crippen molar-refractivity contribution in [1.29, 1.82) is 0 Å². The summed E-state index contributed by atoms with van der Waals surface area (Å²) >= 11 is 0. The molecule has 0 aromatic carbocycles. The predicted molar refractivity (Wildman–Crippen MR) is 115 cm³/mol. The fourth-order valence-electron chi connectivity index (χ4n) is 4.98. The summed E-state index contributed by atoms with van der Waals surface area (Å²) in [7, 11) is 0. The van der Waals surface area contributed by atoms with Gasteiger partial charge in [0.05, 0.1) is 11.7 Å². The predicted octanol–water partition coefficient (Wildman–Crippen LogP) is 4.44. The van der Waals surface area contributed by atoms with E-state index in [1.165, 1.54) is 32.1 Å². The standard InChI is InChI=1S/C23H33N5O/c1-4-27(16-17-10-12-24-13-11-17)22(29)19-15-25-28-21(19)26-20(14-23(28,2)3)18-8-6-5-7-9-18/h10-13,15,18,20,26H,4-9,14,16H2,1-3H3. The molecule has 4 rings (SSSR count). The Morgan fingerprint density at radius 2 is 1.97 bits per heavy atom. The van der Waals surface area contributed by atoms with E-state index in [-0.39, 0.29) is 11.4 Å². The van der Waals surface area contributed by atoms with Crippen molar-refractivity contribution < 1.29 is 4.79 Å².